The van der Waals surface area contributed by atoms with Crippen molar-refractivity contribution in [3.8, 4) is 0 Å². The summed E-state index contributed by atoms with van der Waals surface area (Å²) >= 11 is 0. The number of rotatable bonds is 3. The van der Waals surface area contributed by atoms with E-state index in [0.717, 1.165) is 22.2 Å². The van der Waals surface area contributed by atoms with Gasteiger partial charge in [0.05, 0.1) is 0 Å². The number of nitrogens with one attached hydrogen (secondary N) is 1. The Morgan fingerprint density at radius 2 is 1.45 bits per heavy atom. The van der Waals surface area contributed by atoms with E-state index in [4.69, 9.17) is 14.1 Å². The first kappa shape index (κ1) is 18.3. The van der Waals surface area contributed by atoms with Gasteiger partial charge in [-0.2, -0.15) is 0 Å². The number of hydrogen-bond donors (Lipinski definition) is 1. The Balaban J connectivity index is 1.58. The van der Waals surface area contributed by atoms with Crippen LogP contribution in [0.4, 0.5) is 0 Å². The molecule has 154 valence electrons. The molecule has 2 unspecified atom stereocenters. The molecule has 1 aromatic heterocycles. The van der Waals surface area contributed by atoms with Gasteiger partial charge in [-0.3, -0.25) is 4.79 Å². The van der Waals surface area contributed by atoms with Crippen LogP contribution in [0.15, 0.2) is 89.3 Å². The van der Waals surface area contributed by atoms with Gasteiger partial charge in [-0.15, -0.1) is 0 Å². The summed E-state index contributed by atoms with van der Waals surface area (Å²) in [7, 11) is 0. The predicted molar refractivity (Wildman–Crippen MR) is 115 cm³/mol. The van der Waals surface area contributed by atoms with Crippen molar-refractivity contribution in [2.45, 2.75) is 17.8 Å². The molecule has 0 aliphatic carbocycles. The van der Waals surface area contributed by atoms with Gasteiger partial charge in [0, 0.05) is 24.2 Å². The minimum Gasteiger partial charge on any atom is -0.439 e. The van der Waals surface area contributed by atoms with Crippen molar-refractivity contribution in [2.24, 2.45) is 0 Å². The first-order valence-corrected chi connectivity index (χ1v) is 10.5. The molecule has 3 aromatic carbocycles. The molecule has 2 aliphatic heterocycles. The Morgan fingerprint density at radius 3 is 2.13 bits per heavy atom. The van der Waals surface area contributed by atoms with Crippen LogP contribution >= 0.6 is 0 Å². The van der Waals surface area contributed by atoms with Crippen molar-refractivity contribution in [1.29, 1.82) is 0 Å². The molecule has 31 heavy (non-hydrogen) atoms. The number of fused-ring (bicyclic) bond motifs is 2. The monoisotopic (exact) mass is 411 g/mol. The number of nitrogens with zero attached hydrogens (tertiary/aromatic N) is 2. The molecular weight excluding hydrogens is 390 g/mol. The third-order valence-electron chi connectivity index (χ3n) is 6.16. The second-order valence-corrected chi connectivity index (χ2v) is 7.91. The highest BCUT2D eigenvalue weighted by molar-refractivity contribution is 5.80. The average molecular weight is 411 g/mol. The Kier molecular flexibility index (Phi) is 4.16. The van der Waals surface area contributed by atoms with E-state index in [9.17, 15) is 4.79 Å². The standard InChI is InChI=1S/C25H21N3O3/c29-24-21-16-26-15-20(23-27-19-13-7-8-14-22(19)30-23)28(21)25(31-24,17-9-3-1-4-10-17)18-11-5-2-6-12-18/h1-14,20-21,26H,15-16H2. The average Bonchev–Trinajstić information content (AvgIpc) is 3.40. The zero-order valence-electron chi connectivity index (χ0n) is 16.8. The summed E-state index contributed by atoms with van der Waals surface area (Å²) in [6.07, 6.45) is 0. The maximum atomic E-state index is 13.2. The Labute approximate surface area is 179 Å². The number of carbonyl (C=O) groups excluding carboxylic acids is 1. The van der Waals surface area contributed by atoms with E-state index in [1.165, 1.54) is 0 Å². The van der Waals surface area contributed by atoms with Crippen LogP contribution in [-0.4, -0.2) is 35.0 Å². The fourth-order valence-corrected chi connectivity index (χ4v) is 4.82. The van der Waals surface area contributed by atoms with E-state index in [1.54, 1.807) is 0 Å². The number of oxazole rings is 1. The number of cyclic esters (lactones) is 1. The Bertz CT molecular complexity index is 1170. The van der Waals surface area contributed by atoms with Crippen LogP contribution < -0.4 is 5.32 Å². The van der Waals surface area contributed by atoms with Crippen LogP contribution in [-0.2, 0) is 15.3 Å². The maximum Gasteiger partial charge on any atom is 0.327 e. The maximum absolute atomic E-state index is 13.2. The molecule has 0 saturated carbocycles. The van der Waals surface area contributed by atoms with Crippen molar-refractivity contribution < 1.29 is 13.9 Å². The van der Waals surface area contributed by atoms with E-state index in [1.807, 2.05) is 84.9 Å². The summed E-state index contributed by atoms with van der Waals surface area (Å²) < 4.78 is 12.4. The van der Waals surface area contributed by atoms with Crippen LogP contribution in [0.1, 0.15) is 23.1 Å². The van der Waals surface area contributed by atoms with Crippen molar-refractivity contribution in [2.75, 3.05) is 13.1 Å². The molecule has 0 radical (unpaired) electrons. The van der Waals surface area contributed by atoms with E-state index < -0.39 is 11.8 Å². The lowest BCUT2D eigenvalue weighted by molar-refractivity contribution is -0.151. The molecule has 0 amide bonds. The SMILES string of the molecule is O=C1OC(c2ccccc2)(c2ccccc2)N2C1CNCC2c1nc2ccccc2o1. The molecule has 4 aromatic rings. The highest BCUT2D eigenvalue weighted by atomic mass is 16.6. The van der Waals surface area contributed by atoms with Crippen LogP contribution in [0.3, 0.4) is 0 Å². The zero-order chi connectivity index (χ0) is 20.8. The number of ether oxygens (including phenoxy) is 1. The van der Waals surface area contributed by atoms with Crippen molar-refractivity contribution in [3.63, 3.8) is 0 Å². The summed E-state index contributed by atoms with van der Waals surface area (Å²) in [5.74, 6) is 0.328. The molecule has 1 N–H and O–H groups in total. The summed E-state index contributed by atoms with van der Waals surface area (Å²) in [4.78, 5) is 20.1. The van der Waals surface area contributed by atoms with Gasteiger partial charge in [0.15, 0.2) is 5.58 Å². The quantitative estimate of drug-likeness (QED) is 0.520. The number of para-hydroxylation sites is 2. The minimum atomic E-state index is -1.06. The van der Waals surface area contributed by atoms with Crippen molar-refractivity contribution >= 4 is 17.1 Å². The third-order valence-corrected chi connectivity index (χ3v) is 6.16. The minimum absolute atomic E-state index is 0.249. The summed E-state index contributed by atoms with van der Waals surface area (Å²) in [5.41, 5.74) is 2.28. The van der Waals surface area contributed by atoms with E-state index in [-0.39, 0.29) is 12.0 Å². The Morgan fingerprint density at radius 1 is 0.839 bits per heavy atom. The normalized spacial score (nSPS) is 22.9. The van der Waals surface area contributed by atoms with Gasteiger partial charge >= 0.3 is 5.97 Å². The second-order valence-electron chi connectivity index (χ2n) is 7.91. The van der Waals surface area contributed by atoms with Crippen molar-refractivity contribution in [3.05, 3.63) is 102 Å². The van der Waals surface area contributed by atoms with Crippen LogP contribution in [0.5, 0.6) is 0 Å². The van der Waals surface area contributed by atoms with Gasteiger partial charge in [-0.1, -0.05) is 72.8 Å². The van der Waals surface area contributed by atoms with Crippen LogP contribution in [0.25, 0.3) is 11.1 Å². The lowest BCUT2D eigenvalue weighted by Crippen LogP contribution is -2.57. The predicted octanol–water partition coefficient (Wildman–Crippen LogP) is 3.60. The van der Waals surface area contributed by atoms with Gasteiger partial charge in [0.25, 0.3) is 0 Å². The Hall–Kier alpha value is -3.48. The topological polar surface area (TPSA) is 67.6 Å². The number of carbonyl (C=O) groups is 1. The molecule has 0 spiro atoms. The molecule has 2 saturated heterocycles. The highest BCUT2D eigenvalue weighted by Gasteiger charge is 2.60. The molecule has 2 fully saturated rings. The number of hydrogen-bond acceptors (Lipinski definition) is 6. The van der Waals surface area contributed by atoms with E-state index >= 15 is 0 Å². The summed E-state index contributed by atoms with van der Waals surface area (Å²) in [5, 5.41) is 3.38. The molecule has 0 bridgehead atoms. The third kappa shape index (κ3) is 2.72. The number of benzene rings is 3. The molecule has 2 atom stereocenters. The molecular formula is C25H21N3O3. The van der Waals surface area contributed by atoms with Crippen molar-refractivity contribution in [1.82, 2.24) is 15.2 Å². The van der Waals surface area contributed by atoms with Gasteiger partial charge in [-0.25, -0.2) is 9.88 Å². The van der Waals surface area contributed by atoms with E-state index in [2.05, 4.69) is 10.2 Å². The number of piperazine rings is 1. The fraction of sp³-hybridized carbons (Fsp3) is 0.200. The first-order valence-electron chi connectivity index (χ1n) is 10.5. The lowest BCUT2D eigenvalue weighted by atomic mass is 9.90. The van der Waals surface area contributed by atoms with Gasteiger partial charge in [0.2, 0.25) is 11.6 Å². The fourth-order valence-electron chi connectivity index (χ4n) is 4.82. The van der Waals surface area contributed by atoms with Gasteiger partial charge < -0.3 is 14.5 Å². The molecule has 3 heterocycles. The smallest absolute Gasteiger partial charge is 0.327 e. The second kappa shape index (κ2) is 7.04. The lowest BCUT2D eigenvalue weighted by Gasteiger charge is -2.44. The van der Waals surface area contributed by atoms with Gasteiger partial charge in [0.1, 0.15) is 17.6 Å². The molecule has 6 heteroatoms. The van der Waals surface area contributed by atoms with Crippen LogP contribution in [0, 0.1) is 0 Å². The zero-order valence-corrected chi connectivity index (χ0v) is 16.8. The van der Waals surface area contributed by atoms with Crippen LogP contribution in [0.2, 0.25) is 0 Å². The molecule has 2 aliphatic rings. The molecule has 6 nitrogen and oxygen atoms in total. The number of esters is 1. The summed E-state index contributed by atoms with van der Waals surface area (Å²) in [6.45, 7) is 1.11. The molecule has 6 rings (SSSR count). The number of aromatic nitrogens is 1. The highest BCUT2D eigenvalue weighted by Crippen LogP contribution is 2.49. The van der Waals surface area contributed by atoms with Gasteiger partial charge in [-0.05, 0) is 12.1 Å². The van der Waals surface area contributed by atoms with E-state index in [0.29, 0.717) is 19.0 Å². The first-order chi connectivity index (χ1) is 15.3. The summed E-state index contributed by atoms with van der Waals surface area (Å²) in [6, 6.07) is 26.8. The largest absolute Gasteiger partial charge is 0.439 e.